The average Bonchev–Trinajstić information content (AvgIpc) is 3.11. The Bertz CT molecular complexity index is 579. The molecule has 1 N–H and O–H groups in total. The number of nitrogens with zero attached hydrogens (tertiary/aromatic N) is 2. The molecule has 0 spiro atoms. The van der Waals surface area contributed by atoms with Crippen molar-refractivity contribution in [2.24, 2.45) is 0 Å². The lowest BCUT2D eigenvalue weighted by Gasteiger charge is -2.35. The van der Waals surface area contributed by atoms with Crippen LogP contribution in [0.1, 0.15) is 25.3 Å². The molecule has 0 radical (unpaired) electrons. The zero-order valence-corrected chi connectivity index (χ0v) is 15.3. The molecule has 0 saturated carbocycles. The summed E-state index contributed by atoms with van der Waals surface area (Å²) in [5.74, 6) is 0.834. The Morgan fingerprint density at radius 3 is 2.76 bits per heavy atom. The molecule has 6 heteroatoms. The lowest BCUT2D eigenvalue weighted by atomic mass is 10.2. The summed E-state index contributed by atoms with van der Waals surface area (Å²) >= 11 is 0. The summed E-state index contributed by atoms with van der Waals surface area (Å²) in [5, 5.41) is 3.03. The molecule has 3 rings (SSSR count). The second kappa shape index (κ2) is 8.54. The Morgan fingerprint density at radius 1 is 1.32 bits per heavy atom. The van der Waals surface area contributed by atoms with Crippen molar-refractivity contribution in [3.63, 3.8) is 0 Å². The molecular formula is C19H29N3O3. The van der Waals surface area contributed by atoms with Crippen LogP contribution < -0.4 is 10.1 Å². The van der Waals surface area contributed by atoms with E-state index in [0.29, 0.717) is 12.7 Å². The molecule has 2 saturated heterocycles. The van der Waals surface area contributed by atoms with Gasteiger partial charge in [0.2, 0.25) is 0 Å². The number of urea groups is 1. The van der Waals surface area contributed by atoms with E-state index in [4.69, 9.17) is 9.47 Å². The Balaban J connectivity index is 1.47. The fourth-order valence-corrected chi connectivity index (χ4v) is 3.44. The molecule has 2 amide bonds. The third kappa shape index (κ3) is 4.86. The maximum absolute atomic E-state index is 12.5. The van der Waals surface area contributed by atoms with Crippen LogP contribution in [0.25, 0.3) is 0 Å². The second-order valence-corrected chi connectivity index (χ2v) is 6.76. The third-order valence-electron chi connectivity index (χ3n) is 4.90. The van der Waals surface area contributed by atoms with Crippen molar-refractivity contribution in [1.29, 1.82) is 0 Å². The first-order valence-electron chi connectivity index (χ1n) is 9.29. The molecule has 2 aliphatic heterocycles. The normalized spacial score (nSPS) is 21.4. The van der Waals surface area contributed by atoms with Gasteiger partial charge in [-0.25, -0.2) is 4.79 Å². The largest absolute Gasteiger partial charge is 0.494 e. The van der Waals surface area contributed by atoms with Gasteiger partial charge in [0.05, 0.1) is 12.7 Å². The second-order valence-electron chi connectivity index (χ2n) is 6.76. The van der Waals surface area contributed by atoms with Crippen molar-refractivity contribution >= 4 is 11.7 Å². The van der Waals surface area contributed by atoms with Gasteiger partial charge in [-0.05, 0) is 50.5 Å². The van der Waals surface area contributed by atoms with Gasteiger partial charge >= 0.3 is 6.03 Å². The summed E-state index contributed by atoms with van der Waals surface area (Å²) in [6, 6.07) is 5.74. The lowest BCUT2D eigenvalue weighted by Crippen LogP contribution is -2.51. The SMILES string of the molecule is CCOc1ccc(NC(=O)N2CCN(C[C@@H]3CCCO3)CC2)c(C)c1. The van der Waals surface area contributed by atoms with Crippen molar-refractivity contribution in [2.45, 2.75) is 32.8 Å². The highest BCUT2D eigenvalue weighted by Crippen LogP contribution is 2.22. The maximum atomic E-state index is 12.5. The molecule has 2 fully saturated rings. The van der Waals surface area contributed by atoms with Gasteiger partial charge in [-0.2, -0.15) is 0 Å². The van der Waals surface area contributed by atoms with Crippen LogP contribution in [0.2, 0.25) is 0 Å². The highest BCUT2D eigenvalue weighted by atomic mass is 16.5. The first-order valence-corrected chi connectivity index (χ1v) is 9.29. The number of anilines is 1. The molecule has 1 atom stereocenters. The smallest absolute Gasteiger partial charge is 0.321 e. The van der Waals surface area contributed by atoms with Crippen LogP contribution in [0.4, 0.5) is 10.5 Å². The van der Waals surface area contributed by atoms with E-state index in [-0.39, 0.29) is 6.03 Å². The van der Waals surface area contributed by atoms with E-state index in [1.807, 2.05) is 36.9 Å². The van der Waals surface area contributed by atoms with E-state index < -0.39 is 0 Å². The van der Waals surface area contributed by atoms with E-state index in [1.54, 1.807) is 0 Å². The first-order chi connectivity index (χ1) is 12.2. The zero-order valence-electron chi connectivity index (χ0n) is 15.3. The average molecular weight is 347 g/mol. The molecule has 0 unspecified atom stereocenters. The molecule has 0 aromatic heterocycles. The van der Waals surface area contributed by atoms with Crippen molar-refractivity contribution in [3.05, 3.63) is 23.8 Å². The van der Waals surface area contributed by atoms with Gasteiger partial charge in [-0.15, -0.1) is 0 Å². The molecule has 25 heavy (non-hydrogen) atoms. The van der Waals surface area contributed by atoms with Crippen molar-refractivity contribution in [1.82, 2.24) is 9.80 Å². The van der Waals surface area contributed by atoms with E-state index in [0.717, 1.165) is 62.8 Å². The van der Waals surface area contributed by atoms with Crippen LogP contribution in [0.15, 0.2) is 18.2 Å². The molecule has 0 aliphatic carbocycles. The topological polar surface area (TPSA) is 54.0 Å². The fraction of sp³-hybridized carbons (Fsp3) is 0.632. The van der Waals surface area contributed by atoms with Gasteiger partial charge in [0.15, 0.2) is 0 Å². The van der Waals surface area contributed by atoms with Crippen LogP contribution in [0.5, 0.6) is 5.75 Å². The predicted octanol–water partition coefficient (Wildman–Crippen LogP) is 2.72. The number of hydrogen-bond acceptors (Lipinski definition) is 4. The number of amides is 2. The number of hydrogen-bond donors (Lipinski definition) is 1. The van der Waals surface area contributed by atoms with Crippen molar-refractivity contribution in [2.75, 3.05) is 51.3 Å². The Kier molecular flexibility index (Phi) is 6.15. The minimum Gasteiger partial charge on any atom is -0.494 e. The number of carbonyl (C=O) groups is 1. The summed E-state index contributed by atoms with van der Waals surface area (Å²) in [6.45, 7) is 9.82. The maximum Gasteiger partial charge on any atom is 0.321 e. The standard InChI is InChI=1S/C19H29N3O3/c1-3-24-16-6-7-18(15(2)13-16)20-19(23)22-10-8-21(9-11-22)14-17-5-4-12-25-17/h6-7,13,17H,3-5,8-12,14H2,1-2H3,(H,20,23)/t17-/m0/s1. The number of ether oxygens (including phenoxy) is 2. The third-order valence-corrected chi connectivity index (χ3v) is 4.90. The summed E-state index contributed by atoms with van der Waals surface area (Å²) < 4.78 is 11.2. The van der Waals surface area contributed by atoms with Crippen molar-refractivity contribution in [3.8, 4) is 5.75 Å². The van der Waals surface area contributed by atoms with Crippen LogP contribution in [-0.2, 0) is 4.74 Å². The minimum atomic E-state index is -0.0240. The molecule has 2 aliphatic rings. The number of nitrogens with one attached hydrogen (secondary N) is 1. The van der Waals surface area contributed by atoms with Crippen LogP contribution in [0.3, 0.4) is 0 Å². The lowest BCUT2D eigenvalue weighted by molar-refractivity contribution is 0.0572. The number of rotatable bonds is 5. The summed E-state index contributed by atoms with van der Waals surface area (Å²) in [4.78, 5) is 16.8. The van der Waals surface area contributed by atoms with E-state index in [1.165, 1.54) is 6.42 Å². The Labute approximate surface area is 150 Å². The number of piperazine rings is 1. The molecule has 6 nitrogen and oxygen atoms in total. The predicted molar refractivity (Wildman–Crippen MR) is 98.4 cm³/mol. The summed E-state index contributed by atoms with van der Waals surface area (Å²) in [7, 11) is 0. The summed E-state index contributed by atoms with van der Waals surface area (Å²) in [5.41, 5.74) is 1.85. The van der Waals surface area contributed by atoms with Gasteiger partial charge in [0, 0.05) is 45.0 Å². The minimum absolute atomic E-state index is 0.0240. The fourth-order valence-electron chi connectivity index (χ4n) is 3.44. The number of benzene rings is 1. The Morgan fingerprint density at radius 2 is 2.12 bits per heavy atom. The van der Waals surface area contributed by atoms with Crippen LogP contribution in [-0.4, -0.2) is 67.9 Å². The summed E-state index contributed by atoms with van der Waals surface area (Å²) in [6.07, 6.45) is 2.72. The number of aryl methyl sites for hydroxylation is 1. The van der Waals surface area contributed by atoms with Gasteiger partial charge in [0.25, 0.3) is 0 Å². The van der Waals surface area contributed by atoms with Gasteiger partial charge in [-0.3, -0.25) is 4.90 Å². The van der Waals surface area contributed by atoms with Crippen LogP contribution >= 0.6 is 0 Å². The zero-order chi connectivity index (χ0) is 17.6. The molecule has 138 valence electrons. The molecule has 1 aromatic carbocycles. The van der Waals surface area contributed by atoms with Crippen LogP contribution in [0, 0.1) is 6.92 Å². The molecule has 2 heterocycles. The van der Waals surface area contributed by atoms with Crippen molar-refractivity contribution < 1.29 is 14.3 Å². The molecular weight excluding hydrogens is 318 g/mol. The molecule has 1 aromatic rings. The molecule has 0 bridgehead atoms. The van der Waals surface area contributed by atoms with Gasteiger partial charge in [-0.1, -0.05) is 0 Å². The van der Waals surface area contributed by atoms with Gasteiger partial charge in [0.1, 0.15) is 5.75 Å². The van der Waals surface area contributed by atoms with E-state index in [9.17, 15) is 4.79 Å². The quantitative estimate of drug-likeness (QED) is 0.890. The first kappa shape index (κ1) is 18.0. The Hall–Kier alpha value is -1.79. The number of carbonyl (C=O) groups excluding carboxylic acids is 1. The van der Waals surface area contributed by atoms with E-state index >= 15 is 0 Å². The highest BCUT2D eigenvalue weighted by Gasteiger charge is 2.25. The highest BCUT2D eigenvalue weighted by molar-refractivity contribution is 5.90. The van der Waals surface area contributed by atoms with Gasteiger partial charge < -0.3 is 19.7 Å². The van der Waals surface area contributed by atoms with E-state index in [2.05, 4.69) is 10.2 Å². The monoisotopic (exact) mass is 347 g/mol.